The molecule has 1 fully saturated rings. The van der Waals surface area contributed by atoms with E-state index in [9.17, 15) is 0 Å². The van der Waals surface area contributed by atoms with E-state index in [4.69, 9.17) is 5.73 Å². The van der Waals surface area contributed by atoms with Gasteiger partial charge in [0.25, 0.3) is 0 Å². The summed E-state index contributed by atoms with van der Waals surface area (Å²) < 4.78 is 0. The van der Waals surface area contributed by atoms with Gasteiger partial charge in [-0.2, -0.15) is 0 Å². The van der Waals surface area contributed by atoms with Crippen molar-refractivity contribution in [2.24, 2.45) is 0 Å². The van der Waals surface area contributed by atoms with E-state index in [1.54, 1.807) is 0 Å². The number of nitrogens with one attached hydrogen (secondary N) is 1. The highest BCUT2D eigenvalue weighted by molar-refractivity contribution is 5.73. The van der Waals surface area contributed by atoms with E-state index in [-0.39, 0.29) is 0 Å². The predicted molar refractivity (Wildman–Crippen MR) is 54.8 cm³/mol. The van der Waals surface area contributed by atoms with Crippen LogP contribution in [-0.4, -0.2) is 5.54 Å². The molecule has 2 nitrogen and oxygen atoms in total. The maximum Gasteiger partial charge on any atom is 0.0610 e. The SMILES string of the molecule is Nc1cccc2c1NC1(CC2)CC1. The molecule has 3 rings (SSSR count). The number of rotatable bonds is 0. The maximum absolute atomic E-state index is 5.93. The minimum absolute atomic E-state index is 0.433. The molecule has 1 heterocycles. The third-order valence-corrected chi connectivity index (χ3v) is 3.30. The van der Waals surface area contributed by atoms with Crippen LogP contribution in [0.4, 0.5) is 11.4 Å². The Kier molecular flexibility index (Phi) is 1.22. The molecule has 1 aliphatic carbocycles. The Balaban J connectivity index is 2.06. The average Bonchev–Trinajstić information content (AvgIpc) is 2.88. The fourth-order valence-corrected chi connectivity index (χ4v) is 2.21. The van der Waals surface area contributed by atoms with Gasteiger partial charge in [0.2, 0.25) is 0 Å². The number of aryl methyl sites for hydroxylation is 1. The van der Waals surface area contributed by atoms with E-state index in [1.807, 2.05) is 12.1 Å². The van der Waals surface area contributed by atoms with Gasteiger partial charge in [0, 0.05) is 5.54 Å². The lowest BCUT2D eigenvalue weighted by molar-refractivity contribution is 0.630. The van der Waals surface area contributed by atoms with E-state index in [1.165, 1.54) is 36.9 Å². The molecule has 2 heteroatoms. The zero-order valence-corrected chi connectivity index (χ0v) is 7.64. The van der Waals surface area contributed by atoms with Gasteiger partial charge < -0.3 is 11.1 Å². The average molecular weight is 174 g/mol. The normalized spacial score (nSPS) is 22.2. The lowest BCUT2D eigenvalue weighted by Crippen LogP contribution is -2.27. The van der Waals surface area contributed by atoms with Gasteiger partial charge >= 0.3 is 0 Å². The molecule has 0 saturated heterocycles. The summed E-state index contributed by atoms with van der Waals surface area (Å²) >= 11 is 0. The quantitative estimate of drug-likeness (QED) is 0.591. The van der Waals surface area contributed by atoms with E-state index in [0.29, 0.717) is 5.54 Å². The lowest BCUT2D eigenvalue weighted by Gasteiger charge is -2.27. The van der Waals surface area contributed by atoms with Crippen molar-refractivity contribution < 1.29 is 0 Å². The Hall–Kier alpha value is -1.18. The first-order chi connectivity index (χ1) is 6.29. The molecule has 1 saturated carbocycles. The number of nitrogens with two attached hydrogens (primary N) is 1. The van der Waals surface area contributed by atoms with Crippen molar-refractivity contribution in [2.45, 2.75) is 31.2 Å². The molecule has 2 aliphatic rings. The maximum atomic E-state index is 5.93. The minimum Gasteiger partial charge on any atom is -0.397 e. The summed E-state index contributed by atoms with van der Waals surface area (Å²) in [5.74, 6) is 0. The minimum atomic E-state index is 0.433. The van der Waals surface area contributed by atoms with Gasteiger partial charge in [0.05, 0.1) is 11.4 Å². The van der Waals surface area contributed by atoms with Crippen LogP contribution in [-0.2, 0) is 6.42 Å². The second-order valence-corrected chi connectivity index (χ2v) is 4.29. The Morgan fingerprint density at radius 1 is 1.23 bits per heavy atom. The molecule has 68 valence electrons. The van der Waals surface area contributed by atoms with E-state index in [0.717, 1.165) is 5.69 Å². The molecule has 1 aliphatic heterocycles. The fourth-order valence-electron chi connectivity index (χ4n) is 2.21. The summed E-state index contributed by atoms with van der Waals surface area (Å²) in [4.78, 5) is 0. The van der Waals surface area contributed by atoms with Crippen molar-refractivity contribution in [1.82, 2.24) is 0 Å². The van der Waals surface area contributed by atoms with Crippen LogP contribution >= 0.6 is 0 Å². The molecule has 13 heavy (non-hydrogen) atoms. The van der Waals surface area contributed by atoms with Crippen LogP contribution in [0.15, 0.2) is 18.2 Å². The topological polar surface area (TPSA) is 38.0 Å². The number of hydrogen-bond donors (Lipinski definition) is 2. The van der Waals surface area contributed by atoms with Gasteiger partial charge in [-0.1, -0.05) is 12.1 Å². The second-order valence-electron chi connectivity index (χ2n) is 4.29. The van der Waals surface area contributed by atoms with Crippen LogP contribution in [0.1, 0.15) is 24.8 Å². The zero-order valence-electron chi connectivity index (χ0n) is 7.64. The van der Waals surface area contributed by atoms with Gasteiger partial charge in [-0.25, -0.2) is 0 Å². The summed E-state index contributed by atoms with van der Waals surface area (Å²) in [5.41, 5.74) is 9.85. The molecule has 1 spiro atoms. The molecule has 0 radical (unpaired) electrons. The standard InChI is InChI=1S/C11H14N2/c12-9-3-1-2-8-4-5-11(6-7-11)13-10(8)9/h1-3,13H,4-7,12H2. The van der Waals surface area contributed by atoms with E-state index in [2.05, 4.69) is 11.4 Å². The third kappa shape index (κ3) is 1.01. The molecular formula is C11H14N2. The molecule has 1 aromatic carbocycles. The first-order valence-electron chi connectivity index (χ1n) is 4.95. The highest BCUT2D eigenvalue weighted by atomic mass is 15.0. The molecule has 3 N–H and O–H groups in total. The van der Waals surface area contributed by atoms with Gasteiger partial charge in [-0.15, -0.1) is 0 Å². The van der Waals surface area contributed by atoms with Crippen molar-refractivity contribution in [2.75, 3.05) is 11.1 Å². The Morgan fingerprint density at radius 2 is 2.08 bits per heavy atom. The lowest BCUT2D eigenvalue weighted by atomic mass is 9.96. The highest BCUT2D eigenvalue weighted by Crippen LogP contribution is 2.47. The zero-order chi connectivity index (χ0) is 8.89. The van der Waals surface area contributed by atoms with Crippen molar-refractivity contribution >= 4 is 11.4 Å². The summed E-state index contributed by atoms with van der Waals surface area (Å²) in [6.45, 7) is 0. The summed E-state index contributed by atoms with van der Waals surface area (Å²) in [7, 11) is 0. The Labute approximate surface area is 78.1 Å². The fraction of sp³-hybridized carbons (Fsp3) is 0.455. The van der Waals surface area contributed by atoms with Crippen LogP contribution < -0.4 is 11.1 Å². The van der Waals surface area contributed by atoms with Gasteiger partial charge in [-0.3, -0.25) is 0 Å². The van der Waals surface area contributed by atoms with Crippen LogP contribution in [0, 0.1) is 0 Å². The molecule has 1 aromatic rings. The monoisotopic (exact) mass is 174 g/mol. The van der Waals surface area contributed by atoms with Gasteiger partial charge in [-0.05, 0) is 37.3 Å². The van der Waals surface area contributed by atoms with Gasteiger partial charge in [0.1, 0.15) is 0 Å². The number of anilines is 2. The number of fused-ring (bicyclic) bond motifs is 1. The smallest absolute Gasteiger partial charge is 0.0610 e. The van der Waals surface area contributed by atoms with Crippen LogP contribution in [0.25, 0.3) is 0 Å². The third-order valence-electron chi connectivity index (χ3n) is 3.30. The number of hydrogen-bond acceptors (Lipinski definition) is 2. The van der Waals surface area contributed by atoms with Crippen LogP contribution in [0.2, 0.25) is 0 Å². The van der Waals surface area contributed by atoms with E-state index >= 15 is 0 Å². The summed E-state index contributed by atoms with van der Waals surface area (Å²) in [5, 5.41) is 3.59. The molecule has 0 bridgehead atoms. The molecule has 0 atom stereocenters. The first kappa shape index (κ1) is 7.25. The Morgan fingerprint density at radius 3 is 2.85 bits per heavy atom. The van der Waals surface area contributed by atoms with E-state index < -0.39 is 0 Å². The number of para-hydroxylation sites is 1. The molecule has 0 unspecified atom stereocenters. The highest BCUT2D eigenvalue weighted by Gasteiger charge is 2.44. The molecular weight excluding hydrogens is 160 g/mol. The number of nitrogen functional groups attached to an aromatic ring is 1. The largest absolute Gasteiger partial charge is 0.397 e. The Bertz CT molecular complexity index is 353. The van der Waals surface area contributed by atoms with Crippen molar-refractivity contribution in [3.63, 3.8) is 0 Å². The summed E-state index contributed by atoms with van der Waals surface area (Å²) in [6.07, 6.45) is 5.11. The van der Waals surface area contributed by atoms with Crippen molar-refractivity contribution in [3.8, 4) is 0 Å². The molecule has 0 aromatic heterocycles. The summed E-state index contributed by atoms with van der Waals surface area (Å²) in [6, 6.07) is 6.20. The number of benzene rings is 1. The van der Waals surface area contributed by atoms with Crippen molar-refractivity contribution in [1.29, 1.82) is 0 Å². The predicted octanol–water partition coefficient (Wildman–Crippen LogP) is 2.16. The molecule has 0 amide bonds. The second kappa shape index (κ2) is 2.19. The van der Waals surface area contributed by atoms with Crippen LogP contribution in [0.3, 0.4) is 0 Å². The van der Waals surface area contributed by atoms with Crippen LogP contribution in [0.5, 0.6) is 0 Å². The van der Waals surface area contributed by atoms with Crippen molar-refractivity contribution in [3.05, 3.63) is 23.8 Å². The first-order valence-corrected chi connectivity index (χ1v) is 4.95. The van der Waals surface area contributed by atoms with Gasteiger partial charge in [0.15, 0.2) is 0 Å².